The van der Waals surface area contributed by atoms with Crippen LogP contribution >= 0.6 is 0 Å². The van der Waals surface area contributed by atoms with E-state index in [0.29, 0.717) is 6.54 Å². The predicted molar refractivity (Wildman–Crippen MR) is 91.5 cm³/mol. The van der Waals surface area contributed by atoms with Crippen LogP contribution in [0, 0.1) is 12.8 Å². The molecule has 1 saturated heterocycles. The molecule has 5 nitrogen and oxygen atoms in total. The van der Waals surface area contributed by atoms with E-state index in [9.17, 15) is 9.59 Å². The van der Waals surface area contributed by atoms with Gasteiger partial charge in [0.2, 0.25) is 11.8 Å². The van der Waals surface area contributed by atoms with Crippen molar-refractivity contribution in [2.45, 2.75) is 39.0 Å². The molecular formula is C18H25N3O2. The maximum absolute atomic E-state index is 12.2. The van der Waals surface area contributed by atoms with Crippen LogP contribution < -0.4 is 10.6 Å². The zero-order valence-electron chi connectivity index (χ0n) is 13.7. The first-order valence-electron chi connectivity index (χ1n) is 8.56. The predicted octanol–water partition coefficient (Wildman–Crippen LogP) is 2.77. The molecule has 124 valence electrons. The Hall–Kier alpha value is -1.88. The highest BCUT2D eigenvalue weighted by atomic mass is 16.2. The number of likely N-dealkylation sites (tertiary alicyclic amines) is 1. The second-order valence-electron chi connectivity index (χ2n) is 6.63. The molecule has 2 N–H and O–H groups in total. The summed E-state index contributed by atoms with van der Waals surface area (Å²) < 4.78 is 0. The van der Waals surface area contributed by atoms with Crippen molar-refractivity contribution in [3.8, 4) is 0 Å². The lowest BCUT2D eigenvalue weighted by atomic mass is 10.1. The third-order valence-corrected chi connectivity index (χ3v) is 4.63. The number of hydrogen-bond donors (Lipinski definition) is 2. The van der Waals surface area contributed by atoms with E-state index in [1.54, 1.807) is 0 Å². The van der Waals surface area contributed by atoms with Crippen LogP contribution in [0.3, 0.4) is 0 Å². The van der Waals surface area contributed by atoms with E-state index in [1.807, 2.05) is 25.1 Å². The summed E-state index contributed by atoms with van der Waals surface area (Å²) in [5, 5.41) is 5.95. The Bertz CT molecular complexity index is 590. The van der Waals surface area contributed by atoms with E-state index in [0.717, 1.165) is 42.9 Å². The monoisotopic (exact) mass is 315 g/mol. The van der Waals surface area contributed by atoms with Gasteiger partial charge in [0.15, 0.2) is 0 Å². The van der Waals surface area contributed by atoms with Gasteiger partial charge in [-0.05, 0) is 63.4 Å². The van der Waals surface area contributed by atoms with Crippen molar-refractivity contribution in [3.05, 3.63) is 23.8 Å². The molecule has 2 aliphatic rings. The molecule has 3 rings (SSSR count). The number of nitrogens with one attached hydrogen (secondary N) is 2. The van der Waals surface area contributed by atoms with E-state index in [4.69, 9.17) is 0 Å². The van der Waals surface area contributed by atoms with Crippen LogP contribution in [-0.4, -0.2) is 36.3 Å². The Morgan fingerprint density at radius 3 is 2.39 bits per heavy atom. The smallest absolute Gasteiger partial charge is 0.238 e. The molecular weight excluding hydrogens is 290 g/mol. The second kappa shape index (κ2) is 7.13. The quantitative estimate of drug-likeness (QED) is 0.878. The Balaban J connectivity index is 1.60. The number of benzene rings is 1. The van der Waals surface area contributed by atoms with Crippen LogP contribution in [0.15, 0.2) is 18.2 Å². The molecule has 2 amide bonds. The third-order valence-electron chi connectivity index (χ3n) is 4.63. The van der Waals surface area contributed by atoms with Crippen molar-refractivity contribution in [1.82, 2.24) is 4.90 Å². The van der Waals surface area contributed by atoms with Crippen LogP contribution in [0.1, 0.15) is 37.7 Å². The van der Waals surface area contributed by atoms with Gasteiger partial charge >= 0.3 is 0 Å². The SMILES string of the molecule is Cc1c(NC(=O)CN2CCCCC2)cccc1NC(=O)C1CC1. The van der Waals surface area contributed by atoms with Crippen molar-refractivity contribution in [2.75, 3.05) is 30.3 Å². The number of anilines is 2. The molecule has 0 aromatic heterocycles. The Morgan fingerprint density at radius 2 is 1.74 bits per heavy atom. The van der Waals surface area contributed by atoms with Gasteiger partial charge in [0, 0.05) is 17.3 Å². The molecule has 1 aromatic carbocycles. The number of carbonyl (C=O) groups is 2. The van der Waals surface area contributed by atoms with Crippen molar-refractivity contribution in [3.63, 3.8) is 0 Å². The molecule has 0 bridgehead atoms. The van der Waals surface area contributed by atoms with Crippen molar-refractivity contribution in [2.24, 2.45) is 5.92 Å². The lowest BCUT2D eigenvalue weighted by Gasteiger charge is -2.25. The number of hydrogen-bond acceptors (Lipinski definition) is 3. The maximum atomic E-state index is 12.2. The molecule has 1 aromatic rings. The largest absolute Gasteiger partial charge is 0.326 e. The minimum absolute atomic E-state index is 0.0145. The van der Waals surface area contributed by atoms with Gasteiger partial charge in [-0.15, -0.1) is 0 Å². The van der Waals surface area contributed by atoms with Gasteiger partial charge in [-0.3, -0.25) is 14.5 Å². The summed E-state index contributed by atoms with van der Waals surface area (Å²) in [5.74, 6) is 0.275. The third kappa shape index (κ3) is 4.32. The summed E-state index contributed by atoms with van der Waals surface area (Å²) >= 11 is 0. The fourth-order valence-electron chi connectivity index (χ4n) is 3.00. The van der Waals surface area contributed by atoms with E-state index >= 15 is 0 Å². The minimum Gasteiger partial charge on any atom is -0.326 e. The van der Waals surface area contributed by atoms with Crippen LogP contribution in [0.2, 0.25) is 0 Å². The van der Waals surface area contributed by atoms with Gasteiger partial charge < -0.3 is 10.6 Å². The fraction of sp³-hybridized carbons (Fsp3) is 0.556. The summed E-state index contributed by atoms with van der Waals surface area (Å²) in [7, 11) is 0. The standard InChI is InChI=1S/C18H25N3O2/c1-13-15(19-17(22)12-21-10-3-2-4-11-21)6-5-7-16(13)20-18(23)14-8-9-14/h5-7,14H,2-4,8-12H2,1H3,(H,19,22)(H,20,23). The highest BCUT2D eigenvalue weighted by Crippen LogP contribution is 2.31. The molecule has 1 aliphatic carbocycles. The number of piperidine rings is 1. The van der Waals surface area contributed by atoms with Crippen molar-refractivity contribution in [1.29, 1.82) is 0 Å². The number of amides is 2. The first-order valence-corrected chi connectivity index (χ1v) is 8.56. The van der Waals surface area contributed by atoms with Crippen molar-refractivity contribution >= 4 is 23.2 Å². The first-order chi connectivity index (χ1) is 11.1. The Morgan fingerprint density at radius 1 is 1.09 bits per heavy atom. The van der Waals surface area contributed by atoms with Crippen LogP contribution in [0.5, 0.6) is 0 Å². The number of carbonyl (C=O) groups excluding carboxylic acids is 2. The topological polar surface area (TPSA) is 61.4 Å². The minimum atomic E-state index is 0.0145. The lowest BCUT2D eigenvalue weighted by molar-refractivity contribution is -0.118. The van der Waals surface area contributed by atoms with Gasteiger partial charge in [0.1, 0.15) is 0 Å². The first kappa shape index (κ1) is 16.0. The van der Waals surface area contributed by atoms with Gasteiger partial charge in [0.25, 0.3) is 0 Å². The fourth-order valence-corrected chi connectivity index (χ4v) is 3.00. The summed E-state index contributed by atoms with van der Waals surface area (Å²) in [6.45, 7) is 4.38. The Kier molecular flexibility index (Phi) is 4.96. The molecule has 23 heavy (non-hydrogen) atoms. The van der Waals surface area contributed by atoms with Gasteiger partial charge in [-0.2, -0.15) is 0 Å². The van der Waals surface area contributed by atoms with Gasteiger partial charge in [-0.25, -0.2) is 0 Å². The van der Waals surface area contributed by atoms with Gasteiger partial charge in [-0.1, -0.05) is 12.5 Å². The van der Waals surface area contributed by atoms with Crippen LogP contribution in [0.25, 0.3) is 0 Å². The average Bonchev–Trinajstić information content (AvgIpc) is 3.37. The maximum Gasteiger partial charge on any atom is 0.238 e. The molecule has 1 aliphatic heterocycles. The lowest BCUT2D eigenvalue weighted by Crippen LogP contribution is -2.36. The zero-order valence-corrected chi connectivity index (χ0v) is 13.7. The molecule has 0 atom stereocenters. The van der Waals surface area contributed by atoms with Crippen molar-refractivity contribution < 1.29 is 9.59 Å². The Labute approximate surface area is 137 Å². The van der Waals surface area contributed by atoms with E-state index in [1.165, 1.54) is 19.3 Å². The number of nitrogens with zero attached hydrogens (tertiary/aromatic N) is 1. The molecule has 5 heteroatoms. The molecule has 0 unspecified atom stereocenters. The molecule has 2 fully saturated rings. The van der Waals surface area contributed by atoms with Crippen LogP contribution in [-0.2, 0) is 9.59 Å². The summed E-state index contributed by atoms with van der Waals surface area (Å²) in [5.41, 5.74) is 2.48. The second-order valence-corrected chi connectivity index (χ2v) is 6.63. The highest BCUT2D eigenvalue weighted by molar-refractivity contribution is 5.97. The van der Waals surface area contributed by atoms with Crippen LogP contribution in [0.4, 0.5) is 11.4 Å². The molecule has 1 heterocycles. The van der Waals surface area contributed by atoms with E-state index in [-0.39, 0.29) is 17.7 Å². The summed E-state index contributed by atoms with van der Waals surface area (Å²) in [6, 6.07) is 5.64. The molecule has 1 saturated carbocycles. The molecule has 0 radical (unpaired) electrons. The average molecular weight is 315 g/mol. The van der Waals surface area contributed by atoms with E-state index in [2.05, 4.69) is 15.5 Å². The zero-order chi connectivity index (χ0) is 16.2. The highest BCUT2D eigenvalue weighted by Gasteiger charge is 2.29. The normalized spacial score (nSPS) is 18.5. The van der Waals surface area contributed by atoms with E-state index < -0.39 is 0 Å². The number of rotatable bonds is 5. The summed E-state index contributed by atoms with van der Waals surface area (Å²) in [4.78, 5) is 26.4. The molecule has 0 spiro atoms. The summed E-state index contributed by atoms with van der Waals surface area (Å²) in [6.07, 6.45) is 5.58. The van der Waals surface area contributed by atoms with Gasteiger partial charge in [0.05, 0.1) is 6.54 Å².